The highest BCUT2D eigenvalue weighted by Gasteiger charge is 2.09. The van der Waals surface area contributed by atoms with Crippen LogP contribution < -0.4 is 5.73 Å². The van der Waals surface area contributed by atoms with Crippen LogP contribution >= 0.6 is 0 Å². The summed E-state index contributed by atoms with van der Waals surface area (Å²) < 4.78 is 1.88. The number of hydrogen-bond acceptors (Lipinski definition) is 3. The van der Waals surface area contributed by atoms with Gasteiger partial charge in [0.1, 0.15) is 0 Å². The zero-order valence-electron chi connectivity index (χ0n) is 9.37. The highest BCUT2D eigenvalue weighted by Crippen LogP contribution is 2.13. The summed E-state index contributed by atoms with van der Waals surface area (Å²) in [6, 6.07) is 5.84. The first kappa shape index (κ1) is 10.8. The monoisotopic (exact) mass is 216 g/mol. The second-order valence-corrected chi connectivity index (χ2v) is 3.76. The van der Waals surface area contributed by atoms with Crippen LogP contribution in [0, 0.1) is 0 Å². The van der Waals surface area contributed by atoms with Gasteiger partial charge in [0.25, 0.3) is 0 Å². The molecule has 2 aromatic heterocycles. The summed E-state index contributed by atoms with van der Waals surface area (Å²) in [5.74, 6) is 0. The van der Waals surface area contributed by atoms with Gasteiger partial charge in [-0.05, 0) is 19.1 Å². The summed E-state index contributed by atoms with van der Waals surface area (Å²) in [6.07, 6.45) is 6.36. The molecule has 2 N–H and O–H groups in total. The van der Waals surface area contributed by atoms with Crippen LogP contribution in [0.4, 0.5) is 0 Å². The zero-order valence-corrected chi connectivity index (χ0v) is 9.37. The first-order valence-corrected chi connectivity index (χ1v) is 5.47. The number of aromatic nitrogens is 3. The predicted molar refractivity (Wildman–Crippen MR) is 62.8 cm³/mol. The van der Waals surface area contributed by atoms with E-state index in [1.165, 1.54) is 0 Å². The summed E-state index contributed by atoms with van der Waals surface area (Å²) >= 11 is 0. The molecule has 1 atom stereocenters. The average molecular weight is 216 g/mol. The Bertz CT molecular complexity index is 435. The Labute approximate surface area is 95.1 Å². The molecule has 84 valence electrons. The largest absolute Gasteiger partial charge is 0.324 e. The van der Waals surface area contributed by atoms with E-state index in [1.54, 1.807) is 6.20 Å². The van der Waals surface area contributed by atoms with E-state index >= 15 is 0 Å². The van der Waals surface area contributed by atoms with Gasteiger partial charge in [0.15, 0.2) is 0 Å². The lowest BCUT2D eigenvalue weighted by Gasteiger charge is -2.08. The molecule has 0 spiro atoms. The Morgan fingerprint density at radius 3 is 2.94 bits per heavy atom. The van der Waals surface area contributed by atoms with Crippen LogP contribution in [0.25, 0.3) is 0 Å². The third-order valence-electron chi connectivity index (χ3n) is 2.56. The molecule has 4 nitrogen and oxygen atoms in total. The van der Waals surface area contributed by atoms with Crippen molar-refractivity contribution in [2.45, 2.75) is 25.9 Å². The van der Waals surface area contributed by atoms with Crippen molar-refractivity contribution in [2.24, 2.45) is 5.73 Å². The average Bonchev–Trinajstić information content (AvgIpc) is 2.79. The van der Waals surface area contributed by atoms with E-state index in [-0.39, 0.29) is 6.04 Å². The summed E-state index contributed by atoms with van der Waals surface area (Å²) in [6.45, 7) is 2.93. The van der Waals surface area contributed by atoms with Crippen LogP contribution in [0.1, 0.15) is 24.2 Å². The van der Waals surface area contributed by atoms with E-state index in [4.69, 9.17) is 5.73 Å². The minimum Gasteiger partial charge on any atom is -0.324 e. The predicted octanol–water partition coefficient (Wildman–Crippen LogP) is 1.54. The molecule has 16 heavy (non-hydrogen) atoms. The van der Waals surface area contributed by atoms with Crippen molar-refractivity contribution in [1.82, 2.24) is 14.8 Å². The molecule has 4 heteroatoms. The maximum Gasteiger partial charge on any atom is 0.0537 e. The van der Waals surface area contributed by atoms with Gasteiger partial charge in [-0.3, -0.25) is 9.67 Å². The topological polar surface area (TPSA) is 56.7 Å². The van der Waals surface area contributed by atoms with Crippen molar-refractivity contribution in [3.63, 3.8) is 0 Å². The van der Waals surface area contributed by atoms with Crippen LogP contribution in [0.15, 0.2) is 36.8 Å². The van der Waals surface area contributed by atoms with Crippen LogP contribution in [-0.2, 0) is 13.0 Å². The zero-order chi connectivity index (χ0) is 11.4. The van der Waals surface area contributed by atoms with Crippen molar-refractivity contribution in [2.75, 3.05) is 0 Å². The second-order valence-electron chi connectivity index (χ2n) is 3.76. The van der Waals surface area contributed by atoms with Gasteiger partial charge in [-0.25, -0.2) is 0 Å². The molecule has 0 fully saturated rings. The van der Waals surface area contributed by atoms with E-state index < -0.39 is 0 Å². The van der Waals surface area contributed by atoms with Gasteiger partial charge in [0, 0.05) is 42.7 Å². The molecule has 0 aliphatic rings. The van der Waals surface area contributed by atoms with Crippen molar-refractivity contribution in [3.05, 3.63) is 48.0 Å². The Morgan fingerprint density at radius 2 is 2.31 bits per heavy atom. The third kappa shape index (κ3) is 2.46. The summed E-state index contributed by atoms with van der Waals surface area (Å²) in [7, 11) is 0. The molecule has 0 bridgehead atoms. The van der Waals surface area contributed by atoms with E-state index in [0.29, 0.717) is 0 Å². The van der Waals surface area contributed by atoms with Crippen LogP contribution in [0.2, 0.25) is 0 Å². The molecular formula is C12H16N4. The summed E-state index contributed by atoms with van der Waals surface area (Å²) in [5.41, 5.74) is 8.18. The molecule has 0 aromatic carbocycles. The summed E-state index contributed by atoms with van der Waals surface area (Å²) in [4.78, 5) is 4.26. The molecule has 0 aliphatic heterocycles. The summed E-state index contributed by atoms with van der Waals surface area (Å²) in [5, 5.41) is 4.21. The van der Waals surface area contributed by atoms with E-state index in [9.17, 15) is 0 Å². The van der Waals surface area contributed by atoms with Crippen molar-refractivity contribution >= 4 is 0 Å². The van der Waals surface area contributed by atoms with Gasteiger partial charge in [-0.1, -0.05) is 6.07 Å². The fourth-order valence-corrected chi connectivity index (χ4v) is 1.61. The number of hydrogen-bond donors (Lipinski definition) is 1. The molecule has 2 heterocycles. The fourth-order valence-electron chi connectivity index (χ4n) is 1.61. The van der Waals surface area contributed by atoms with Crippen molar-refractivity contribution < 1.29 is 0 Å². The molecule has 0 saturated heterocycles. The van der Waals surface area contributed by atoms with Gasteiger partial charge < -0.3 is 5.73 Å². The molecule has 2 aromatic rings. The fraction of sp³-hybridized carbons (Fsp3) is 0.333. The number of pyridine rings is 1. The second kappa shape index (κ2) is 4.90. The van der Waals surface area contributed by atoms with Crippen molar-refractivity contribution in [1.29, 1.82) is 0 Å². The third-order valence-corrected chi connectivity index (χ3v) is 2.56. The molecule has 0 saturated carbocycles. The van der Waals surface area contributed by atoms with Gasteiger partial charge in [0.05, 0.1) is 6.20 Å². The number of nitrogens with two attached hydrogens (primary N) is 1. The SMILES string of the molecule is CCn1cc(C(N)Cc2ccccn2)cn1. The maximum absolute atomic E-state index is 6.10. The lowest BCUT2D eigenvalue weighted by atomic mass is 10.1. The lowest BCUT2D eigenvalue weighted by molar-refractivity contribution is 0.655. The molecular weight excluding hydrogens is 200 g/mol. The lowest BCUT2D eigenvalue weighted by Crippen LogP contribution is -2.13. The smallest absolute Gasteiger partial charge is 0.0537 e. The Balaban J connectivity index is 2.05. The molecule has 0 aliphatic carbocycles. The number of rotatable bonds is 4. The minimum atomic E-state index is -0.0322. The van der Waals surface area contributed by atoms with E-state index in [0.717, 1.165) is 24.2 Å². The van der Waals surface area contributed by atoms with E-state index in [2.05, 4.69) is 17.0 Å². The Kier molecular flexibility index (Phi) is 3.31. The quantitative estimate of drug-likeness (QED) is 0.843. The molecule has 1 unspecified atom stereocenters. The first-order chi connectivity index (χ1) is 7.79. The van der Waals surface area contributed by atoms with Gasteiger partial charge >= 0.3 is 0 Å². The molecule has 2 rings (SSSR count). The molecule has 0 amide bonds. The number of aryl methyl sites for hydroxylation is 1. The number of nitrogens with zero attached hydrogens (tertiary/aromatic N) is 3. The standard InChI is InChI=1S/C12H16N4/c1-2-16-9-10(8-15-16)12(13)7-11-5-3-4-6-14-11/h3-6,8-9,12H,2,7,13H2,1H3. The normalized spacial score (nSPS) is 12.6. The highest BCUT2D eigenvalue weighted by atomic mass is 15.3. The molecule has 0 radical (unpaired) electrons. The first-order valence-electron chi connectivity index (χ1n) is 5.47. The Morgan fingerprint density at radius 1 is 1.44 bits per heavy atom. The highest BCUT2D eigenvalue weighted by molar-refractivity contribution is 5.14. The van der Waals surface area contributed by atoms with Gasteiger partial charge in [-0.2, -0.15) is 5.10 Å². The van der Waals surface area contributed by atoms with E-state index in [1.807, 2.05) is 35.3 Å². The van der Waals surface area contributed by atoms with Gasteiger partial charge in [0.2, 0.25) is 0 Å². The van der Waals surface area contributed by atoms with Crippen molar-refractivity contribution in [3.8, 4) is 0 Å². The van der Waals surface area contributed by atoms with Crippen LogP contribution in [0.3, 0.4) is 0 Å². The minimum absolute atomic E-state index is 0.0322. The maximum atomic E-state index is 6.10. The van der Waals surface area contributed by atoms with Crippen LogP contribution in [-0.4, -0.2) is 14.8 Å². The van der Waals surface area contributed by atoms with Crippen LogP contribution in [0.5, 0.6) is 0 Å². The van der Waals surface area contributed by atoms with Gasteiger partial charge in [-0.15, -0.1) is 0 Å². The Hall–Kier alpha value is -1.68.